The highest BCUT2D eigenvalue weighted by molar-refractivity contribution is 7.16. The standard InChI is InChI=1S/C16H16N2O4S/c1-21-15(20)16-7-18(5-11(16)6-22-8-16)14(19)10-2-3-12-13(4-10)23-9-17-12/h2-4,9,11H,5-8H2,1H3/t11-,16-/m0/s1. The van der Waals surface area contributed by atoms with E-state index in [4.69, 9.17) is 9.47 Å². The molecule has 0 bridgehead atoms. The summed E-state index contributed by atoms with van der Waals surface area (Å²) < 4.78 is 11.4. The van der Waals surface area contributed by atoms with Gasteiger partial charge in [0, 0.05) is 24.6 Å². The third-order valence-electron chi connectivity index (χ3n) is 4.83. The van der Waals surface area contributed by atoms with Crippen LogP contribution in [0, 0.1) is 11.3 Å². The van der Waals surface area contributed by atoms with Crippen LogP contribution >= 0.6 is 11.3 Å². The van der Waals surface area contributed by atoms with E-state index in [1.54, 1.807) is 16.5 Å². The Hall–Kier alpha value is -1.99. The van der Waals surface area contributed by atoms with Crippen LogP contribution in [-0.2, 0) is 14.3 Å². The number of hydrogen-bond donors (Lipinski definition) is 0. The van der Waals surface area contributed by atoms with E-state index in [1.165, 1.54) is 18.4 Å². The molecule has 23 heavy (non-hydrogen) atoms. The maximum absolute atomic E-state index is 12.8. The van der Waals surface area contributed by atoms with Crippen LogP contribution in [0.25, 0.3) is 10.2 Å². The fraction of sp³-hybridized carbons (Fsp3) is 0.438. The van der Waals surface area contributed by atoms with Gasteiger partial charge >= 0.3 is 5.97 Å². The van der Waals surface area contributed by atoms with E-state index in [2.05, 4.69) is 4.98 Å². The van der Waals surface area contributed by atoms with Gasteiger partial charge in [-0.3, -0.25) is 9.59 Å². The Morgan fingerprint density at radius 3 is 3.17 bits per heavy atom. The van der Waals surface area contributed by atoms with Gasteiger partial charge in [-0.25, -0.2) is 4.98 Å². The van der Waals surface area contributed by atoms with E-state index in [0.717, 1.165) is 10.2 Å². The smallest absolute Gasteiger partial charge is 0.316 e. The van der Waals surface area contributed by atoms with Crippen molar-refractivity contribution < 1.29 is 19.1 Å². The predicted molar refractivity (Wildman–Crippen MR) is 84.3 cm³/mol. The first-order chi connectivity index (χ1) is 11.1. The summed E-state index contributed by atoms with van der Waals surface area (Å²) >= 11 is 1.51. The minimum absolute atomic E-state index is 0.00559. The number of carbonyl (C=O) groups is 2. The Morgan fingerprint density at radius 1 is 1.48 bits per heavy atom. The number of ether oxygens (including phenoxy) is 2. The summed E-state index contributed by atoms with van der Waals surface area (Å²) in [5.41, 5.74) is 2.58. The molecule has 2 aliphatic heterocycles. The minimum Gasteiger partial charge on any atom is -0.468 e. The molecule has 2 saturated heterocycles. The third-order valence-corrected chi connectivity index (χ3v) is 5.62. The molecule has 2 atom stereocenters. The highest BCUT2D eigenvalue weighted by Crippen LogP contribution is 2.42. The first kappa shape index (κ1) is 14.6. The third kappa shape index (κ3) is 2.14. The van der Waals surface area contributed by atoms with Crippen molar-refractivity contribution in [3.63, 3.8) is 0 Å². The van der Waals surface area contributed by atoms with Crippen molar-refractivity contribution in [3.8, 4) is 0 Å². The molecule has 0 saturated carbocycles. The van der Waals surface area contributed by atoms with Gasteiger partial charge < -0.3 is 14.4 Å². The molecule has 7 heteroatoms. The predicted octanol–water partition coefficient (Wildman–Crippen LogP) is 1.56. The molecule has 0 aliphatic carbocycles. The lowest BCUT2D eigenvalue weighted by Crippen LogP contribution is -2.41. The van der Waals surface area contributed by atoms with Gasteiger partial charge in [0.25, 0.3) is 5.91 Å². The fourth-order valence-corrected chi connectivity index (χ4v) is 4.27. The fourth-order valence-electron chi connectivity index (χ4n) is 3.55. The van der Waals surface area contributed by atoms with Crippen LogP contribution in [-0.4, -0.2) is 55.2 Å². The molecule has 1 amide bonds. The molecule has 2 aromatic rings. The Balaban J connectivity index is 1.61. The lowest BCUT2D eigenvalue weighted by Gasteiger charge is -2.23. The van der Waals surface area contributed by atoms with E-state index in [9.17, 15) is 9.59 Å². The molecule has 2 aliphatic rings. The molecule has 0 radical (unpaired) electrons. The number of aromatic nitrogens is 1. The maximum atomic E-state index is 12.8. The van der Waals surface area contributed by atoms with E-state index >= 15 is 0 Å². The summed E-state index contributed by atoms with van der Waals surface area (Å²) in [4.78, 5) is 31.0. The number of likely N-dealkylation sites (tertiary alicyclic amines) is 1. The SMILES string of the molecule is COC(=O)[C@@]12COC[C@@H]1CN(C(=O)c1ccc3ncsc3c1)C2. The summed E-state index contributed by atoms with van der Waals surface area (Å²) in [5, 5.41) is 0. The average Bonchev–Trinajstić information content (AvgIpc) is 3.25. The van der Waals surface area contributed by atoms with Crippen molar-refractivity contribution >= 4 is 33.4 Å². The largest absolute Gasteiger partial charge is 0.468 e. The highest BCUT2D eigenvalue weighted by Gasteiger charge is 2.57. The zero-order valence-electron chi connectivity index (χ0n) is 12.7. The van der Waals surface area contributed by atoms with Crippen LogP contribution in [0.5, 0.6) is 0 Å². The topological polar surface area (TPSA) is 68.7 Å². The van der Waals surface area contributed by atoms with Gasteiger partial charge in [0.15, 0.2) is 0 Å². The number of amides is 1. The van der Waals surface area contributed by atoms with Crippen LogP contribution in [0.2, 0.25) is 0 Å². The zero-order valence-corrected chi connectivity index (χ0v) is 13.5. The molecule has 2 fully saturated rings. The molecule has 0 N–H and O–H groups in total. The molecule has 6 nitrogen and oxygen atoms in total. The molecule has 4 rings (SSSR count). The summed E-state index contributed by atoms with van der Waals surface area (Å²) in [6, 6.07) is 5.51. The van der Waals surface area contributed by atoms with Gasteiger partial charge in [-0.1, -0.05) is 0 Å². The number of rotatable bonds is 2. The van der Waals surface area contributed by atoms with Crippen molar-refractivity contribution in [1.29, 1.82) is 0 Å². The highest BCUT2D eigenvalue weighted by atomic mass is 32.1. The van der Waals surface area contributed by atoms with Crippen LogP contribution < -0.4 is 0 Å². The Labute approximate surface area is 137 Å². The Kier molecular flexibility index (Phi) is 3.35. The number of benzene rings is 1. The number of carbonyl (C=O) groups excluding carboxylic acids is 2. The lowest BCUT2D eigenvalue weighted by molar-refractivity contribution is -0.153. The number of hydrogen-bond acceptors (Lipinski definition) is 6. The summed E-state index contributed by atoms with van der Waals surface area (Å²) in [5.74, 6) is -0.336. The monoisotopic (exact) mass is 332 g/mol. The van der Waals surface area contributed by atoms with E-state index < -0.39 is 5.41 Å². The maximum Gasteiger partial charge on any atom is 0.316 e. The Bertz CT molecular complexity index is 789. The first-order valence-electron chi connectivity index (χ1n) is 7.43. The summed E-state index contributed by atoms with van der Waals surface area (Å²) in [6.07, 6.45) is 0. The van der Waals surface area contributed by atoms with Crippen molar-refractivity contribution in [2.24, 2.45) is 11.3 Å². The lowest BCUT2D eigenvalue weighted by atomic mass is 9.81. The molecule has 0 spiro atoms. The van der Waals surface area contributed by atoms with Crippen LogP contribution in [0.15, 0.2) is 23.7 Å². The molecular weight excluding hydrogens is 316 g/mol. The van der Waals surface area contributed by atoms with Gasteiger partial charge in [0.1, 0.15) is 5.41 Å². The van der Waals surface area contributed by atoms with Gasteiger partial charge in [-0.15, -0.1) is 11.3 Å². The molecule has 1 aromatic heterocycles. The summed E-state index contributed by atoms with van der Waals surface area (Å²) in [7, 11) is 1.38. The van der Waals surface area contributed by atoms with E-state index in [0.29, 0.717) is 31.9 Å². The molecular formula is C16H16N2O4S. The van der Waals surface area contributed by atoms with E-state index in [-0.39, 0.29) is 17.8 Å². The number of thiazole rings is 1. The van der Waals surface area contributed by atoms with Crippen LogP contribution in [0.1, 0.15) is 10.4 Å². The number of fused-ring (bicyclic) bond motifs is 2. The number of nitrogens with zero attached hydrogens (tertiary/aromatic N) is 2. The van der Waals surface area contributed by atoms with Crippen molar-refractivity contribution in [3.05, 3.63) is 29.3 Å². The quantitative estimate of drug-likeness (QED) is 0.781. The van der Waals surface area contributed by atoms with Gasteiger partial charge in [-0.05, 0) is 18.2 Å². The van der Waals surface area contributed by atoms with Crippen LogP contribution in [0.3, 0.4) is 0 Å². The molecule has 120 valence electrons. The van der Waals surface area contributed by atoms with E-state index in [1.807, 2.05) is 12.1 Å². The van der Waals surface area contributed by atoms with Crippen molar-refractivity contribution in [2.75, 3.05) is 33.4 Å². The minimum atomic E-state index is -0.709. The Morgan fingerprint density at radius 2 is 2.35 bits per heavy atom. The van der Waals surface area contributed by atoms with Crippen molar-refractivity contribution in [1.82, 2.24) is 9.88 Å². The van der Waals surface area contributed by atoms with Crippen LogP contribution in [0.4, 0.5) is 0 Å². The van der Waals surface area contributed by atoms with Gasteiger partial charge in [0.05, 0.1) is 36.1 Å². The zero-order chi connectivity index (χ0) is 16.0. The van der Waals surface area contributed by atoms with Crippen molar-refractivity contribution in [2.45, 2.75) is 0 Å². The summed E-state index contributed by atoms with van der Waals surface area (Å²) in [6.45, 7) is 1.69. The normalized spacial score (nSPS) is 26.5. The molecule has 3 heterocycles. The second-order valence-electron chi connectivity index (χ2n) is 6.08. The van der Waals surface area contributed by atoms with Gasteiger partial charge in [-0.2, -0.15) is 0 Å². The average molecular weight is 332 g/mol. The molecule has 1 aromatic carbocycles. The number of esters is 1. The first-order valence-corrected chi connectivity index (χ1v) is 8.31. The second-order valence-corrected chi connectivity index (χ2v) is 6.97. The second kappa shape index (κ2) is 5.28. The molecule has 0 unspecified atom stereocenters. The van der Waals surface area contributed by atoms with Gasteiger partial charge in [0.2, 0.25) is 0 Å². The number of methoxy groups -OCH3 is 1.